The predicted molar refractivity (Wildman–Crippen MR) is 472 cm³/mol. The molecule has 14 aromatic carbocycles. The largest absolute Gasteiger partial charge is 0.458 e. The Morgan fingerprint density at radius 3 is 0.826 bits per heavy atom. The Bertz CT molecular complexity index is 6010. The van der Waals surface area contributed by atoms with Crippen LogP contribution in [0.5, 0.6) is 23.0 Å². The molecule has 4 aliphatic heterocycles. The highest BCUT2D eigenvalue weighted by molar-refractivity contribution is 9.10. The normalized spacial score (nSPS) is 14.2. The van der Waals surface area contributed by atoms with Crippen LogP contribution in [0.3, 0.4) is 0 Å². The van der Waals surface area contributed by atoms with Gasteiger partial charge in [-0.05, 0) is 233 Å². The summed E-state index contributed by atoms with van der Waals surface area (Å²) in [4.78, 5) is 0. The molecule has 4 nitrogen and oxygen atoms in total. The van der Waals surface area contributed by atoms with Gasteiger partial charge in [0.15, 0.2) is 16.1 Å². The molecule has 0 amide bonds. The SMILES string of the molecule is CC(C)(C)c1ccc2c(c1)Oc1cc(C(C)(C)C)ccc1[Si]21c2cc(-n3c4ccccc4c4ccccc43)ccc2-c2ccc(-n3c4ccccc4c4ccccc43)cc21.CC(C)(C)c1ccc2c(c1)Oc1cc(C(C)(C)C)ccc1[Si]21c2cc(Br)ccc2-c2ccc(Br)cc21.c1ccc2c(c1)Cc1ccccc1-2. The van der Waals surface area contributed by atoms with E-state index in [1.807, 2.05) is 0 Å². The molecule has 109 heavy (non-hydrogen) atoms. The summed E-state index contributed by atoms with van der Waals surface area (Å²) in [5.41, 5.74) is 23.4. The van der Waals surface area contributed by atoms with Gasteiger partial charge in [-0.2, -0.15) is 0 Å². The summed E-state index contributed by atoms with van der Waals surface area (Å²) in [6, 6.07) is 109. The second-order valence-electron chi connectivity index (χ2n) is 34.6. The quantitative estimate of drug-likeness (QED) is 0.161. The minimum Gasteiger partial charge on any atom is -0.458 e. The summed E-state index contributed by atoms with van der Waals surface area (Å²) in [7, 11) is -5.69. The van der Waals surface area contributed by atoms with Crippen molar-refractivity contribution in [2.45, 2.75) is 111 Å². The Morgan fingerprint density at radius 2 is 0.523 bits per heavy atom. The van der Waals surface area contributed by atoms with Crippen LogP contribution in [-0.2, 0) is 28.1 Å². The van der Waals surface area contributed by atoms with E-state index in [1.165, 1.54) is 163 Å². The number of hydrogen-bond donors (Lipinski definition) is 0. The molecule has 534 valence electrons. The molecule has 0 bridgehead atoms. The van der Waals surface area contributed by atoms with E-state index in [0.29, 0.717) is 0 Å². The summed E-state index contributed by atoms with van der Waals surface area (Å²) in [5.74, 6) is 3.98. The topological polar surface area (TPSA) is 28.3 Å². The Morgan fingerprint density at radius 1 is 0.257 bits per heavy atom. The molecule has 6 heterocycles. The van der Waals surface area contributed by atoms with Crippen LogP contribution in [0.15, 0.2) is 300 Å². The van der Waals surface area contributed by atoms with Crippen molar-refractivity contribution < 1.29 is 9.47 Å². The number of nitrogens with zero attached hydrogens (tertiary/aromatic N) is 2. The monoisotopic (exact) mass is 1570 g/mol. The van der Waals surface area contributed by atoms with E-state index in [1.54, 1.807) is 0 Å². The molecule has 5 aliphatic rings. The highest BCUT2D eigenvalue weighted by Gasteiger charge is 2.56. The highest BCUT2D eigenvalue weighted by atomic mass is 79.9. The van der Waals surface area contributed by atoms with Crippen molar-refractivity contribution in [2.75, 3.05) is 0 Å². The van der Waals surface area contributed by atoms with Crippen molar-refractivity contribution in [2.24, 2.45) is 0 Å². The van der Waals surface area contributed by atoms with Gasteiger partial charge in [0, 0.05) is 41.9 Å². The number of benzene rings is 14. The van der Waals surface area contributed by atoms with Crippen LogP contribution in [0.1, 0.15) is 116 Å². The number of rotatable bonds is 2. The summed E-state index contributed by atoms with van der Waals surface area (Å²) in [5, 5.41) is 16.1. The zero-order valence-corrected chi connectivity index (χ0v) is 69.1. The van der Waals surface area contributed by atoms with E-state index in [2.05, 4.69) is 415 Å². The number of aromatic nitrogens is 2. The number of halogens is 2. The molecule has 2 aromatic heterocycles. The van der Waals surface area contributed by atoms with Gasteiger partial charge >= 0.3 is 0 Å². The lowest BCUT2D eigenvalue weighted by Crippen LogP contribution is -2.74. The summed E-state index contributed by atoms with van der Waals surface area (Å²) >= 11 is 7.62. The first-order valence-electron chi connectivity index (χ1n) is 38.4. The lowest BCUT2D eigenvalue weighted by atomic mass is 9.87. The molecule has 2 spiro atoms. The summed E-state index contributed by atoms with van der Waals surface area (Å²) in [6.07, 6.45) is 1.10. The van der Waals surface area contributed by atoms with E-state index in [9.17, 15) is 0 Å². The standard InChI is InChI=1S/C56H46N2OSi.C32H30Br2OSi.C13H10/c1-55(2,3)35-23-29-51-49(31-35)59-50-32-36(56(4,5)6)24-30-52(50)60(51)53-33-37(57-45-19-11-7-15-39(45)40-16-8-12-20-46(40)57)25-27-43(53)44-28-26-38(34-54(44)60)58-47-21-13-9-17-41(47)42-18-10-14-22-48(42)58;1-31(2,3)19-7-13-27-25(15-19)35-26-16-20(32(4,5)6)8-14-28(26)36(27)29-17-21(33)9-11-23(29)24-12-10-22(34)18-30(24)36;1-3-7-12-10(5-1)9-11-6-2-4-8-13(11)12/h7-34H,1-6H3;7-18H,1-6H3;1-8H,9H2. The van der Waals surface area contributed by atoms with Crippen molar-refractivity contribution >= 4 is 133 Å². The summed E-state index contributed by atoms with van der Waals surface area (Å²) in [6.45, 7) is 27.4. The fourth-order valence-corrected chi connectivity index (χ4v) is 30.4. The van der Waals surface area contributed by atoms with Gasteiger partial charge in [-0.1, -0.05) is 309 Å². The average molecular weight is 1580 g/mol. The van der Waals surface area contributed by atoms with Crippen molar-refractivity contribution in [3.8, 4) is 67.8 Å². The van der Waals surface area contributed by atoms with Gasteiger partial charge in [-0.3, -0.25) is 0 Å². The lowest BCUT2D eigenvalue weighted by molar-refractivity contribution is 0.479. The third kappa shape index (κ3) is 10.8. The van der Waals surface area contributed by atoms with Crippen LogP contribution in [0, 0.1) is 0 Å². The molecule has 16 aromatic rings. The molecular weight excluding hydrogens is 1490 g/mol. The second-order valence-corrected chi connectivity index (χ2v) is 43.8. The average Bonchev–Trinajstić information content (AvgIpc) is 1.51. The van der Waals surface area contributed by atoms with E-state index in [-0.39, 0.29) is 21.7 Å². The van der Waals surface area contributed by atoms with E-state index >= 15 is 0 Å². The molecule has 8 heteroatoms. The number of ether oxygens (including phenoxy) is 2. The van der Waals surface area contributed by atoms with Crippen LogP contribution in [-0.4, -0.2) is 25.3 Å². The first-order chi connectivity index (χ1) is 52.4. The molecule has 0 atom stereocenters. The van der Waals surface area contributed by atoms with E-state index in [0.717, 1.165) is 38.4 Å². The van der Waals surface area contributed by atoms with Gasteiger partial charge in [-0.15, -0.1) is 0 Å². The minimum absolute atomic E-state index is 0.0399. The Labute approximate surface area is 659 Å². The molecule has 0 N–H and O–H groups in total. The Balaban J connectivity index is 0.000000138. The zero-order valence-electron chi connectivity index (χ0n) is 63.9. The molecule has 1 aliphatic carbocycles. The molecule has 0 saturated heterocycles. The fraction of sp³-hybridized carbons (Fsp3) is 0.168. The van der Waals surface area contributed by atoms with E-state index in [4.69, 9.17) is 9.47 Å². The van der Waals surface area contributed by atoms with Gasteiger partial charge in [0.1, 0.15) is 23.0 Å². The van der Waals surface area contributed by atoms with Crippen molar-refractivity contribution in [3.05, 3.63) is 334 Å². The van der Waals surface area contributed by atoms with Gasteiger partial charge in [0.2, 0.25) is 0 Å². The van der Waals surface area contributed by atoms with Gasteiger partial charge in [-0.25, -0.2) is 0 Å². The van der Waals surface area contributed by atoms with Crippen LogP contribution >= 0.6 is 31.9 Å². The van der Waals surface area contributed by atoms with Crippen molar-refractivity contribution in [1.82, 2.24) is 9.13 Å². The maximum Gasteiger partial charge on any atom is 0.189 e. The third-order valence-corrected chi connectivity index (χ3v) is 34.8. The first kappa shape index (κ1) is 69.2. The number of fused-ring (bicyclic) bond motifs is 27. The van der Waals surface area contributed by atoms with Gasteiger partial charge in [0.25, 0.3) is 0 Å². The lowest BCUT2D eigenvalue weighted by Gasteiger charge is -2.39. The fourth-order valence-electron chi connectivity index (χ4n) is 18.5. The highest BCUT2D eigenvalue weighted by Crippen LogP contribution is 2.46. The first-order valence-corrected chi connectivity index (χ1v) is 43.9. The van der Waals surface area contributed by atoms with Crippen LogP contribution in [0.4, 0.5) is 0 Å². The second kappa shape index (κ2) is 25.1. The molecule has 0 saturated carbocycles. The Kier molecular flexibility index (Phi) is 15.9. The maximum atomic E-state index is 7.23. The van der Waals surface area contributed by atoms with E-state index < -0.39 is 16.1 Å². The van der Waals surface area contributed by atoms with Crippen molar-refractivity contribution in [3.63, 3.8) is 0 Å². The maximum absolute atomic E-state index is 7.23. The van der Waals surface area contributed by atoms with Crippen LogP contribution < -0.4 is 51.0 Å². The predicted octanol–water partition coefficient (Wildman–Crippen LogP) is 22.5. The smallest absolute Gasteiger partial charge is 0.189 e. The number of hydrogen-bond acceptors (Lipinski definition) is 2. The third-order valence-electron chi connectivity index (χ3n) is 24.0. The Hall–Kier alpha value is -10.3. The minimum atomic E-state index is -3.08. The van der Waals surface area contributed by atoms with Crippen LogP contribution in [0.2, 0.25) is 0 Å². The molecular formula is C101H86Br2N2O2Si2. The molecule has 0 fully saturated rings. The molecule has 0 radical (unpaired) electrons. The van der Waals surface area contributed by atoms with Crippen LogP contribution in [0.25, 0.3) is 88.4 Å². The number of para-hydroxylation sites is 4. The van der Waals surface area contributed by atoms with Gasteiger partial charge in [0.05, 0.1) is 22.1 Å². The summed E-state index contributed by atoms with van der Waals surface area (Å²) < 4.78 is 21.3. The van der Waals surface area contributed by atoms with Gasteiger partial charge < -0.3 is 18.6 Å². The molecule has 0 unspecified atom stereocenters. The van der Waals surface area contributed by atoms with Crippen molar-refractivity contribution in [1.29, 1.82) is 0 Å². The molecule has 21 rings (SSSR count). The zero-order chi connectivity index (χ0) is 75.0.